The highest BCUT2D eigenvalue weighted by molar-refractivity contribution is 5.92. The topological polar surface area (TPSA) is 46.6 Å². The molecule has 0 aromatic heterocycles. The second-order valence-electron chi connectivity index (χ2n) is 7.52. The van der Waals surface area contributed by atoms with E-state index in [4.69, 9.17) is 4.74 Å². The van der Waals surface area contributed by atoms with Gasteiger partial charge in [0.15, 0.2) is 6.10 Å². The third-order valence-electron chi connectivity index (χ3n) is 5.66. The van der Waals surface area contributed by atoms with E-state index >= 15 is 0 Å². The fourth-order valence-electron chi connectivity index (χ4n) is 4.08. The van der Waals surface area contributed by atoms with Crippen LogP contribution in [-0.2, 0) is 35.3 Å². The summed E-state index contributed by atoms with van der Waals surface area (Å²) in [5.74, 6) is -0.544. The summed E-state index contributed by atoms with van der Waals surface area (Å²) >= 11 is 0. The minimum absolute atomic E-state index is 0.129. The third-order valence-corrected chi connectivity index (χ3v) is 5.66. The quantitative estimate of drug-likeness (QED) is 0.781. The Kier molecular flexibility index (Phi) is 4.97. The molecule has 0 saturated heterocycles. The molecule has 1 aliphatic heterocycles. The molecule has 4 rings (SSSR count). The normalized spacial score (nSPS) is 16.9. The summed E-state index contributed by atoms with van der Waals surface area (Å²) in [5, 5.41) is 0. The monoisotopic (exact) mass is 363 g/mol. The zero-order valence-electron chi connectivity index (χ0n) is 15.7. The molecule has 4 nitrogen and oxygen atoms in total. The number of benzene rings is 2. The lowest BCUT2D eigenvalue weighted by molar-refractivity contribution is -0.140. The molecule has 0 fully saturated rings. The smallest absolute Gasteiger partial charge is 0.338 e. The van der Waals surface area contributed by atoms with Gasteiger partial charge in [0.05, 0.1) is 5.56 Å². The van der Waals surface area contributed by atoms with Crippen LogP contribution in [0.3, 0.4) is 0 Å². The Balaban J connectivity index is 1.40. The molecule has 4 heteroatoms. The van der Waals surface area contributed by atoms with E-state index in [1.54, 1.807) is 11.8 Å². The molecular formula is C23H25NO3. The second-order valence-corrected chi connectivity index (χ2v) is 7.52. The number of carbonyl (C=O) groups is 2. The Labute approximate surface area is 160 Å². The second kappa shape index (κ2) is 7.55. The van der Waals surface area contributed by atoms with Crippen LogP contribution >= 0.6 is 0 Å². The lowest BCUT2D eigenvalue weighted by Gasteiger charge is -2.30. The molecule has 1 aliphatic carbocycles. The van der Waals surface area contributed by atoms with Crippen LogP contribution in [0.4, 0.5) is 0 Å². The predicted molar refractivity (Wildman–Crippen MR) is 104 cm³/mol. The van der Waals surface area contributed by atoms with E-state index in [2.05, 4.69) is 12.1 Å². The van der Waals surface area contributed by atoms with E-state index in [1.165, 1.54) is 28.7 Å². The molecule has 0 saturated carbocycles. The predicted octanol–water partition coefficient (Wildman–Crippen LogP) is 3.70. The largest absolute Gasteiger partial charge is 0.449 e. The molecule has 27 heavy (non-hydrogen) atoms. The van der Waals surface area contributed by atoms with Crippen molar-refractivity contribution in [3.63, 3.8) is 0 Å². The summed E-state index contributed by atoms with van der Waals surface area (Å²) < 4.78 is 5.50. The number of carbonyl (C=O) groups excluding carboxylic acids is 2. The number of hydrogen-bond donors (Lipinski definition) is 0. The lowest BCUT2D eigenvalue weighted by Crippen LogP contribution is -2.42. The van der Waals surface area contributed by atoms with Gasteiger partial charge in [-0.3, -0.25) is 4.79 Å². The molecule has 0 radical (unpaired) electrons. The Bertz CT molecular complexity index is 874. The molecule has 2 aromatic rings. The number of esters is 1. The minimum atomic E-state index is -0.779. The van der Waals surface area contributed by atoms with Gasteiger partial charge >= 0.3 is 5.97 Å². The Morgan fingerprint density at radius 2 is 1.63 bits per heavy atom. The maximum atomic E-state index is 12.8. The molecule has 1 heterocycles. The summed E-state index contributed by atoms with van der Waals surface area (Å²) in [6.45, 7) is 2.91. The number of rotatable bonds is 3. The van der Waals surface area contributed by atoms with Crippen molar-refractivity contribution in [1.82, 2.24) is 4.90 Å². The number of amides is 1. The molecule has 1 amide bonds. The van der Waals surface area contributed by atoms with Crippen LogP contribution in [0.25, 0.3) is 0 Å². The van der Waals surface area contributed by atoms with Crippen molar-refractivity contribution in [1.29, 1.82) is 0 Å². The summed E-state index contributed by atoms with van der Waals surface area (Å²) in [6, 6.07) is 14.0. The van der Waals surface area contributed by atoms with Gasteiger partial charge in [-0.15, -0.1) is 0 Å². The van der Waals surface area contributed by atoms with E-state index in [-0.39, 0.29) is 5.91 Å². The van der Waals surface area contributed by atoms with E-state index in [9.17, 15) is 9.59 Å². The number of ether oxygens (including phenoxy) is 1. The Hall–Kier alpha value is -2.62. The van der Waals surface area contributed by atoms with Gasteiger partial charge in [-0.2, -0.15) is 0 Å². The maximum absolute atomic E-state index is 12.8. The van der Waals surface area contributed by atoms with Crippen molar-refractivity contribution in [3.05, 3.63) is 70.3 Å². The van der Waals surface area contributed by atoms with Crippen LogP contribution in [0.15, 0.2) is 42.5 Å². The molecule has 140 valence electrons. The number of nitrogens with zero attached hydrogens (tertiary/aromatic N) is 1. The lowest BCUT2D eigenvalue weighted by atomic mass is 9.90. The molecular weight excluding hydrogens is 338 g/mol. The highest BCUT2D eigenvalue weighted by Gasteiger charge is 2.27. The zero-order chi connectivity index (χ0) is 18.8. The third kappa shape index (κ3) is 3.75. The van der Waals surface area contributed by atoms with E-state index in [1.807, 2.05) is 30.3 Å². The fourth-order valence-corrected chi connectivity index (χ4v) is 4.08. The number of hydrogen-bond acceptors (Lipinski definition) is 3. The summed E-state index contributed by atoms with van der Waals surface area (Å²) in [4.78, 5) is 27.1. The van der Waals surface area contributed by atoms with Crippen LogP contribution in [0.5, 0.6) is 0 Å². The van der Waals surface area contributed by atoms with Gasteiger partial charge in [0.1, 0.15) is 0 Å². The summed E-state index contributed by atoms with van der Waals surface area (Å²) in [7, 11) is 0. The van der Waals surface area contributed by atoms with E-state index < -0.39 is 12.1 Å². The SMILES string of the molecule is C[C@H](OC(=O)c1ccc2c(c1)CCCC2)C(=O)N1CCc2ccccc2C1. The summed E-state index contributed by atoms with van der Waals surface area (Å²) in [5.41, 5.74) is 5.57. The van der Waals surface area contributed by atoms with Gasteiger partial charge in [-0.1, -0.05) is 30.3 Å². The molecule has 0 unspecified atom stereocenters. The van der Waals surface area contributed by atoms with Crippen LogP contribution in [0.2, 0.25) is 0 Å². The number of fused-ring (bicyclic) bond motifs is 2. The standard InChI is InChI=1S/C23H25NO3/c1-16(22(25)24-13-12-18-7-3-5-9-21(18)15-24)27-23(26)20-11-10-17-6-2-4-8-19(17)14-20/h3,5,7,9-11,14,16H,2,4,6,8,12-13,15H2,1H3/t16-/m0/s1. The molecule has 1 atom stereocenters. The minimum Gasteiger partial charge on any atom is -0.449 e. The number of aryl methyl sites for hydroxylation is 2. The Morgan fingerprint density at radius 1 is 0.926 bits per heavy atom. The first-order valence-electron chi connectivity index (χ1n) is 9.80. The fraction of sp³-hybridized carbons (Fsp3) is 0.391. The van der Waals surface area contributed by atoms with E-state index in [0.29, 0.717) is 18.7 Å². The van der Waals surface area contributed by atoms with Crippen LogP contribution in [-0.4, -0.2) is 29.4 Å². The average molecular weight is 363 g/mol. The van der Waals surface area contributed by atoms with Crippen molar-refractivity contribution in [3.8, 4) is 0 Å². The molecule has 0 spiro atoms. The van der Waals surface area contributed by atoms with Crippen molar-refractivity contribution in [2.24, 2.45) is 0 Å². The summed E-state index contributed by atoms with van der Waals surface area (Å²) in [6.07, 6.45) is 4.53. The maximum Gasteiger partial charge on any atom is 0.338 e. The van der Waals surface area contributed by atoms with Gasteiger partial charge in [0, 0.05) is 13.1 Å². The van der Waals surface area contributed by atoms with Crippen LogP contribution in [0, 0.1) is 0 Å². The van der Waals surface area contributed by atoms with Gasteiger partial charge in [0.2, 0.25) is 0 Å². The first-order valence-corrected chi connectivity index (χ1v) is 9.80. The first kappa shape index (κ1) is 17.8. The molecule has 2 aromatic carbocycles. The van der Waals surface area contributed by atoms with Crippen LogP contribution in [0.1, 0.15) is 52.4 Å². The molecule has 0 bridgehead atoms. The van der Waals surface area contributed by atoms with E-state index in [0.717, 1.165) is 25.7 Å². The van der Waals surface area contributed by atoms with Crippen molar-refractivity contribution >= 4 is 11.9 Å². The van der Waals surface area contributed by atoms with Crippen molar-refractivity contribution < 1.29 is 14.3 Å². The van der Waals surface area contributed by atoms with Gasteiger partial charge in [-0.05, 0) is 73.4 Å². The van der Waals surface area contributed by atoms with Gasteiger partial charge in [0.25, 0.3) is 5.91 Å². The average Bonchev–Trinajstić information content (AvgIpc) is 2.72. The van der Waals surface area contributed by atoms with Crippen molar-refractivity contribution in [2.45, 2.75) is 51.7 Å². The molecule has 2 aliphatic rings. The van der Waals surface area contributed by atoms with Gasteiger partial charge < -0.3 is 9.64 Å². The highest BCUT2D eigenvalue weighted by Crippen LogP contribution is 2.23. The van der Waals surface area contributed by atoms with Crippen LogP contribution < -0.4 is 0 Å². The highest BCUT2D eigenvalue weighted by atomic mass is 16.5. The first-order chi connectivity index (χ1) is 13.1. The van der Waals surface area contributed by atoms with Crippen molar-refractivity contribution in [2.75, 3.05) is 6.54 Å². The molecule has 0 N–H and O–H groups in total. The zero-order valence-corrected chi connectivity index (χ0v) is 15.7. The van der Waals surface area contributed by atoms with Gasteiger partial charge in [-0.25, -0.2) is 4.79 Å². The Morgan fingerprint density at radius 3 is 2.44 bits per heavy atom.